The Labute approximate surface area is 145 Å². The van der Waals surface area contributed by atoms with E-state index < -0.39 is 0 Å². The molecule has 1 N–H and O–H groups in total. The van der Waals surface area contributed by atoms with Crippen molar-refractivity contribution < 1.29 is 9.59 Å². The predicted molar refractivity (Wildman–Crippen MR) is 95.0 cm³/mol. The van der Waals surface area contributed by atoms with E-state index >= 15 is 0 Å². The minimum atomic E-state index is -0.321. The van der Waals surface area contributed by atoms with Crippen LogP contribution in [-0.2, 0) is 9.59 Å². The number of aryl methyl sites for hydroxylation is 1. The number of amides is 2. The van der Waals surface area contributed by atoms with Crippen molar-refractivity contribution in [2.75, 3.05) is 4.90 Å². The third-order valence-corrected chi connectivity index (χ3v) is 5.67. The molecule has 1 saturated carbocycles. The second-order valence-corrected chi connectivity index (χ2v) is 7.63. The Hall–Kier alpha value is -2.14. The van der Waals surface area contributed by atoms with Crippen molar-refractivity contribution in [1.29, 1.82) is 0 Å². The molecule has 1 aliphatic carbocycles. The molecule has 0 spiro atoms. The summed E-state index contributed by atoms with van der Waals surface area (Å²) in [6, 6.07) is 12.0. The zero-order valence-electron chi connectivity index (χ0n) is 13.6. The first-order valence-electron chi connectivity index (χ1n) is 8.36. The Morgan fingerprint density at radius 2 is 1.96 bits per heavy atom. The first-order valence-corrected chi connectivity index (χ1v) is 9.24. The molecule has 1 aromatic heterocycles. The summed E-state index contributed by atoms with van der Waals surface area (Å²) in [6.07, 6.45) is 2.38. The van der Waals surface area contributed by atoms with Gasteiger partial charge in [0.15, 0.2) is 0 Å². The number of hydrogen-bond acceptors (Lipinski definition) is 3. The molecule has 2 aliphatic rings. The molecule has 124 valence electrons. The van der Waals surface area contributed by atoms with Gasteiger partial charge in [0.05, 0.1) is 12.0 Å². The van der Waals surface area contributed by atoms with E-state index in [1.54, 1.807) is 11.3 Å². The minimum absolute atomic E-state index is 0.0128. The third-order valence-electron chi connectivity index (χ3n) is 4.73. The van der Waals surface area contributed by atoms with Gasteiger partial charge in [-0.05, 0) is 43.3 Å². The quantitative estimate of drug-likeness (QED) is 0.927. The summed E-state index contributed by atoms with van der Waals surface area (Å²) < 4.78 is 0. The molecule has 1 aromatic carbocycles. The fraction of sp³-hybridized carbons (Fsp3) is 0.368. The Balaban J connectivity index is 1.69. The number of anilines is 1. The zero-order valence-corrected chi connectivity index (χ0v) is 14.4. The number of benzene rings is 1. The normalized spacial score (nSPS) is 23.5. The van der Waals surface area contributed by atoms with E-state index in [0.717, 1.165) is 29.0 Å². The van der Waals surface area contributed by atoms with Gasteiger partial charge in [-0.2, -0.15) is 0 Å². The molecular formula is C19H20N2O2S. The fourth-order valence-electron chi connectivity index (χ4n) is 3.30. The Morgan fingerprint density at radius 3 is 2.58 bits per heavy atom. The predicted octanol–water partition coefficient (Wildman–Crippen LogP) is 3.43. The number of nitrogens with one attached hydrogen (secondary N) is 1. The summed E-state index contributed by atoms with van der Waals surface area (Å²) in [7, 11) is 0. The van der Waals surface area contributed by atoms with Gasteiger partial charge in [-0.25, -0.2) is 0 Å². The molecule has 4 rings (SSSR count). The maximum atomic E-state index is 12.7. The number of nitrogens with zero attached hydrogens (tertiary/aromatic N) is 1. The van der Waals surface area contributed by atoms with Crippen LogP contribution >= 0.6 is 11.3 Å². The fourth-order valence-corrected chi connectivity index (χ4v) is 4.18. The lowest BCUT2D eigenvalue weighted by molar-refractivity contribution is -0.126. The summed E-state index contributed by atoms with van der Waals surface area (Å²) >= 11 is 1.61. The molecule has 0 bridgehead atoms. The van der Waals surface area contributed by atoms with Gasteiger partial charge < -0.3 is 10.2 Å². The minimum Gasteiger partial charge on any atom is -0.353 e. The lowest BCUT2D eigenvalue weighted by Crippen LogP contribution is -2.36. The standard InChI is InChI=1S/C19H20N2O2S/c1-12-4-8-14(9-5-12)21-17(22)11-15(19(23)20-13-6-7-13)18(21)16-3-2-10-24-16/h2-5,8-10,13,15,18H,6-7,11H2,1H3,(H,20,23)/t15-,18-/m1/s1. The van der Waals surface area contributed by atoms with Crippen LogP contribution in [0.25, 0.3) is 0 Å². The van der Waals surface area contributed by atoms with Crippen LogP contribution in [0, 0.1) is 12.8 Å². The average Bonchev–Trinajstić information content (AvgIpc) is 3.09. The molecule has 24 heavy (non-hydrogen) atoms. The van der Waals surface area contributed by atoms with E-state index in [1.807, 2.05) is 53.6 Å². The third kappa shape index (κ3) is 2.84. The Morgan fingerprint density at radius 1 is 1.21 bits per heavy atom. The number of hydrogen-bond donors (Lipinski definition) is 1. The van der Waals surface area contributed by atoms with Gasteiger partial charge in [0.2, 0.25) is 11.8 Å². The van der Waals surface area contributed by atoms with E-state index in [-0.39, 0.29) is 30.2 Å². The average molecular weight is 340 g/mol. The van der Waals surface area contributed by atoms with E-state index in [4.69, 9.17) is 0 Å². The lowest BCUT2D eigenvalue weighted by Gasteiger charge is -2.27. The first-order chi connectivity index (χ1) is 11.6. The molecule has 0 radical (unpaired) electrons. The molecule has 0 unspecified atom stereocenters. The molecule has 2 atom stereocenters. The second-order valence-electron chi connectivity index (χ2n) is 6.65. The van der Waals surface area contributed by atoms with Crippen LogP contribution in [-0.4, -0.2) is 17.9 Å². The van der Waals surface area contributed by atoms with Crippen LogP contribution in [0.3, 0.4) is 0 Å². The van der Waals surface area contributed by atoms with E-state index in [0.29, 0.717) is 6.04 Å². The molecule has 2 amide bonds. The molecule has 2 fully saturated rings. The molecule has 1 saturated heterocycles. The van der Waals surface area contributed by atoms with Gasteiger partial charge in [0.25, 0.3) is 0 Å². The van der Waals surface area contributed by atoms with Crippen molar-refractivity contribution in [2.45, 2.75) is 38.3 Å². The number of carbonyl (C=O) groups is 2. The van der Waals surface area contributed by atoms with Crippen molar-refractivity contribution in [1.82, 2.24) is 5.32 Å². The summed E-state index contributed by atoms with van der Waals surface area (Å²) in [5, 5.41) is 5.08. The van der Waals surface area contributed by atoms with Crippen LogP contribution in [0.4, 0.5) is 5.69 Å². The van der Waals surface area contributed by atoms with Crippen molar-refractivity contribution >= 4 is 28.8 Å². The van der Waals surface area contributed by atoms with E-state index in [2.05, 4.69) is 5.32 Å². The second kappa shape index (κ2) is 6.06. The molecule has 1 aliphatic heterocycles. The van der Waals surface area contributed by atoms with Gasteiger partial charge in [0.1, 0.15) is 0 Å². The van der Waals surface area contributed by atoms with Gasteiger partial charge in [0, 0.05) is 23.0 Å². The van der Waals surface area contributed by atoms with Crippen molar-refractivity contribution in [2.24, 2.45) is 5.92 Å². The number of rotatable bonds is 4. The summed E-state index contributed by atoms with van der Waals surface area (Å²) in [6.45, 7) is 2.03. The lowest BCUT2D eigenvalue weighted by atomic mass is 9.97. The summed E-state index contributed by atoms with van der Waals surface area (Å²) in [4.78, 5) is 28.3. The highest BCUT2D eigenvalue weighted by Gasteiger charge is 2.46. The molecular weight excluding hydrogens is 320 g/mol. The van der Waals surface area contributed by atoms with Gasteiger partial charge in [-0.3, -0.25) is 9.59 Å². The Bertz CT molecular complexity index is 750. The maximum absolute atomic E-state index is 12.7. The number of thiophene rings is 1. The van der Waals surface area contributed by atoms with Gasteiger partial charge >= 0.3 is 0 Å². The SMILES string of the molecule is Cc1ccc(N2C(=O)C[C@@H](C(=O)NC3CC3)[C@@H]2c2cccs2)cc1. The maximum Gasteiger partial charge on any atom is 0.228 e. The molecule has 4 nitrogen and oxygen atoms in total. The highest BCUT2D eigenvalue weighted by atomic mass is 32.1. The van der Waals surface area contributed by atoms with Crippen molar-refractivity contribution in [3.63, 3.8) is 0 Å². The zero-order chi connectivity index (χ0) is 16.7. The topological polar surface area (TPSA) is 49.4 Å². The molecule has 5 heteroatoms. The van der Waals surface area contributed by atoms with Crippen LogP contribution in [0.1, 0.15) is 35.7 Å². The Kier molecular flexibility index (Phi) is 3.88. The van der Waals surface area contributed by atoms with Gasteiger partial charge in [-0.15, -0.1) is 11.3 Å². The van der Waals surface area contributed by atoms with Crippen LogP contribution in [0.5, 0.6) is 0 Å². The monoisotopic (exact) mass is 340 g/mol. The van der Waals surface area contributed by atoms with E-state index in [1.165, 1.54) is 0 Å². The van der Waals surface area contributed by atoms with Crippen molar-refractivity contribution in [3.05, 3.63) is 52.2 Å². The number of carbonyl (C=O) groups excluding carboxylic acids is 2. The summed E-state index contributed by atoms with van der Waals surface area (Å²) in [5.74, 6) is -0.287. The van der Waals surface area contributed by atoms with E-state index in [9.17, 15) is 9.59 Å². The largest absolute Gasteiger partial charge is 0.353 e. The molecule has 2 heterocycles. The smallest absolute Gasteiger partial charge is 0.228 e. The van der Waals surface area contributed by atoms with Crippen LogP contribution < -0.4 is 10.2 Å². The van der Waals surface area contributed by atoms with Crippen LogP contribution in [0.2, 0.25) is 0 Å². The summed E-state index contributed by atoms with van der Waals surface area (Å²) in [5.41, 5.74) is 2.02. The van der Waals surface area contributed by atoms with Crippen molar-refractivity contribution in [3.8, 4) is 0 Å². The molecule has 2 aromatic rings. The van der Waals surface area contributed by atoms with Gasteiger partial charge in [-0.1, -0.05) is 23.8 Å². The van der Waals surface area contributed by atoms with Crippen LogP contribution in [0.15, 0.2) is 41.8 Å². The first kappa shape index (κ1) is 15.4. The highest BCUT2D eigenvalue weighted by Crippen LogP contribution is 2.43. The highest BCUT2D eigenvalue weighted by molar-refractivity contribution is 7.10.